The first-order valence-electron chi connectivity index (χ1n) is 5.79. The van der Waals surface area contributed by atoms with Crippen molar-refractivity contribution >= 4 is 22.4 Å². The molecule has 0 saturated heterocycles. The van der Waals surface area contributed by atoms with Gasteiger partial charge in [-0.3, -0.25) is 4.21 Å². The van der Waals surface area contributed by atoms with E-state index < -0.39 is 10.8 Å². The minimum absolute atomic E-state index is 0.137. The van der Waals surface area contributed by atoms with Gasteiger partial charge in [-0.25, -0.2) is 0 Å². The molecule has 2 N–H and O–H groups in total. The van der Waals surface area contributed by atoms with E-state index in [1.54, 1.807) is 12.1 Å². The molecule has 0 aliphatic rings. The molecule has 4 heteroatoms. The summed E-state index contributed by atoms with van der Waals surface area (Å²) in [7, 11) is -0.956. The Morgan fingerprint density at radius 3 is 2.71 bits per heavy atom. The number of halogens is 1. The molecule has 0 saturated carbocycles. The van der Waals surface area contributed by atoms with E-state index >= 15 is 0 Å². The van der Waals surface area contributed by atoms with Crippen LogP contribution in [0.1, 0.15) is 26.7 Å². The molecule has 0 aliphatic heterocycles. The van der Waals surface area contributed by atoms with Crippen molar-refractivity contribution in [1.82, 2.24) is 0 Å². The molecule has 0 radical (unpaired) electrons. The van der Waals surface area contributed by atoms with Gasteiger partial charge in [0.25, 0.3) is 0 Å². The molecule has 1 aromatic carbocycles. The van der Waals surface area contributed by atoms with Gasteiger partial charge in [0.15, 0.2) is 0 Å². The van der Waals surface area contributed by atoms with Crippen LogP contribution in [0.4, 0.5) is 0 Å². The average molecular weight is 274 g/mol. The smallest absolute Gasteiger partial charge is 0.0530 e. The Kier molecular flexibility index (Phi) is 5.63. The van der Waals surface area contributed by atoms with Gasteiger partial charge in [-0.05, 0) is 43.0 Å². The molecule has 1 unspecified atom stereocenters. The summed E-state index contributed by atoms with van der Waals surface area (Å²) < 4.78 is 12.0. The summed E-state index contributed by atoms with van der Waals surface area (Å²) in [5.41, 5.74) is 5.80. The lowest BCUT2D eigenvalue weighted by Crippen LogP contribution is -2.23. The number of nitrogens with two attached hydrogens (primary N) is 1. The number of hydrogen-bond donors (Lipinski definition) is 1. The maximum atomic E-state index is 12.0. The second-order valence-corrected chi connectivity index (χ2v) is 6.99. The highest BCUT2D eigenvalue weighted by atomic mass is 35.5. The fraction of sp³-hybridized carbons (Fsp3) is 0.538. The predicted octanol–water partition coefficient (Wildman–Crippen LogP) is 3.21. The van der Waals surface area contributed by atoms with Crippen molar-refractivity contribution in [2.45, 2.75) is 31.6 Å². The van der Waals surface area contributed by atoms with Gasteiger partial charge in [0.05, 0.1) is 10.8 Å². The lowest BCUT2D eigenvalue weighted by atomic mass is 9.88. The molecule has 96 valence electrons. The summed E-state index contributed by atoms with van der Waals surface area (Å²) in [5, 5.41) is 0.637. The van der Waals surface area contributed by atoms with E-state index in [0.717, 1.165) is 17.7 Å². The van der Waals surface area contributed by atoms with Crippen molar-refractivity contribution in [2.24, 2.45) is 11.1 Å². The highest BCUT2D eigenvalue weighted by molar-refractivity contribution is 7.85. The van der Waals surface area contributed by atoms with E-state index in [0.29, 0.717) is 17.3 Å². The zero-order chi connectivity index (χ0) is 12.9. The molecule has 17 heavy (non-hydrogen) atoms. The standard InChI is InChI=1S/C13H20ClNOS/c1-13(2,10-15)7-4-8-17(16)12-6-3-5-11(14)9-12/h3,5-6,9H,4,7-8,10,15H2,1-2H3. The van der Waals surface area contributed by atoms with E-state index in [1.165, 1.54) is 0 Å². The molecule has 0 aliphatic carbocycles. The first kappa shape index (κ1) is 14.7. The zero-order valence-electron chi connectivity index (χ0n) is 10.4. The number of rotatable bonds is 6. The van der Waals surface area contributed by atoms with Gasteiger partial charge in [-0.15, -0.1) is 0 Å². The highest BCUT2D eigenvalue weighted by Crippen LogP contribution is 2.21. The summed E-state index contributed by atoms with van der Waals surface area (Å²) in [4.78, 5) is 0.808. The van der Waals surface area contributed by atoms with Gasteiger partial charge in [-0.1, -0.05) is 31.5 Å². The molecule has 1 aromatic rings. The molecule has 0 fully saturated rings. The molecule has 0 heterocycles. The van der Waals surface area contributed by atoms with Crippen LogP contribution in [0, 0.1) is 5.41 Å². The van der Waals surface area contributed by atoms with Crippen LogP contribution in [0.2, 0.25) is 5.02 Å². The first-order chi connectivity index (χ1) is 7.94. The third-order valence-corrected chi connectivity index (χ3v) is 4.47. The van der Waals surface area contributed by atoms with Gasteiger partial charge in [0.2, 0.25) is 0 Å². The molecule has 0 aromatic heterocycles. The largest absolute Gasteiger partial charge is 0.330 e. The normalized spacial score (nSPS) is 13.6. The van der Waals surface area contributed by atoms with Crippen LogP contribution in [0.15, 0.2) is 29.2 Å². The van der Waals surface area contributed by atoms with E-state index in [9.17, 15) is 4.21 Å². The number of hydrogen-bond acceptors (Lipinski definition) is 2. The molecule has 0 bridgehead atoms. The van der Waals surface area contributed by atoms with Crippen LogP contribution >= 0.6 is 11.6 Å². The van der Waals surface area contributed by atoms with Gasteiger partial charge in [0, 0.05) is 15.7 Å². The van der Waals surface area contributed by atoms with Crippen molar-refractivity contribution < 1.29 is 4.21 Å². The third-order valence-electron chi connectivity index (χ3n) is 2.79. The van der Waals surface area contributed by atoms with E-state index in [-0.39, 0.29) is 5.41 Å². The highest BCUT2D eigenvalue weighted by Gasteiger charge is 2.15. The summed E-state index contributed by atoms with van der Waals surface area (Å²) in [6, 6.07) is 7.25. The van der Waals surface area contributed by atoms with E-state index in [2.05, 4.69) is 13.8 Å². The summed E-state index contributed by atoms with van der Waals surface area (Å²) in [6.45, 7) is 4.93. The maximum absolute atomic E-state index is 12.0. The zero-order valence-corrected chi connectivity index (χ0v) is 12.0. The second kappa shape index (κ2) is 6.53. The Morgan fingerprint density at radius 2 is 2.12 bits per heavy atom. The molecule has 1 atom stereocenters. The van der Waals surface area contributed by atoms with Gasteiger partial charge >= 0.3 is 0 Å². The van der Waals surface area contributed by atoms with Gasteiger partial charge < -0.3 is 5.73 Å². The van der Waals surface area contributed by atoms with Crippen molar-refractivity contribution in [3.8, 4) is 0 Å². The minimum atomic E-state index is -0.956. The van der Waals surface area contributed by atoms with E-state index in [1.807, 2.05) is 12.1 Å². The van der Waals surface area contributed by atoms with Crippen LogP contribution in [-0.2, 0) is 10.8 Å². The van der Waals surface area contributed by atoms with Crippen molar-refractivity contribution in [1.29, 1.82) is 0 Å². The first-order valence-corrected chi connectivity index (χ1v) is 7.48. The Hall–Kier alpha value is -0.380. The van der Waals surface area contributed by atoms with Crippen molar-refractivity contribution in [3.63, 3.8) is 0 Å². The molecular weight excluding hydrogens is 254 g/mol. The predicted molar refractivity (Wildman–Crippen MR) is 74.8 cm³/mol. The molecular formula is C13H20ClNOS. The van der Waals surface area contributed by atoms with Crippen LogP contribution in [0.5, 0.6) is 0 Å². The topological polar surface area (TPSA) is 43.1 Å². The monoisotopic (exact) mass is 273 g/mol. The lowest BCUT2D eigenvalue weighted by Gasteiger charge is -2.21. The van der Waals surface area contributed by atoms with Crippen LogP contribution in [-0.4, -0.2) is 16.5 Å². The van der Waals surface area contributed by atoms with Crippen molar-refractivity contribution in [3.05, 3.63) is 29.3 Å². The molecule has 1 rings (SSSR count). The SMILES string of the molecule is CC(C)(CN)CCCS(=O)c1cccc(Cl)c1. The quantitative estimate of drug-likeness (QED) is 0.865. The van der Waals surface area contributed by atoms with E-state index in [4.69, 9.17) is 17.3 Å². The van der Waals surface area contributed by atoms with Crippen LogP contribution in [0.25, 0.3) is 0 Å². The Bertz CT molecular complexity index is 393. The summed E-state index contributed by atoms with van der Waals surface area (Å²) >= 11 is 5.87. The fourth-order valence-electron chi connectivity index (χ4n) is 1.51. The Balaban J connectivity index is 2.46. The molecule has 2 nitrogen and oxygen atoms in total. The van der Waals surface area contributed by atoms with Gasteiger partial charge in [-0.2, -0.15) is 0 Å². The number of benzene rings is 1. The van der Waals surface area contributed by atoms with Gasteiger partial charge in [0.1, 0.15) is 0 Å². The Labute approximate surface area is 111 Å². The molecule has 0 amide bonds. The maximum Gasteiger partial charge on any atom is 0.0530 e. The van der Waals surface area contributed by atoms with Crippen LogP contribution < -0.4 is 5.73 Å². The third kappa shape index (κ3) is 5.19. The van der Waals surface area contributed by atoms with Crippen LogP contribution in [0.3, 0.4) is 0 Å². The lowest BCUT2D eigenvalue weighted by molar-refractivity contribution is 0.344. The summed E-state index contributed by atoms with van der Waals surface area (Å²) in [5.74, 6) is 0.670. The molecule has 0 spiro atoms. The van der Waals surface area contributed by atoms with Crippen molar-refractivity contribution in [2.75, 3.05) is 12.3 Å². The Morgan fingerprint density at radius 1 is 1.41 bits per heavy atom. The summed E-state index contributed by atoms with van der Waals surface area (Å²) in [6.07, 6.45) is 1.92. The second-order valence-electron chi connectivity index (χ2n) is 4.98. The minimum Gasteiger partial charge on any atom is -0.330 e. The fourth-order valence-corrected chi connectivity index (χ4v) is 2.90. The average Bonchev–Trinajstić information content (AvgIpc) is 2.28.